The van der Waals surface area contributed by atoms with Gasteiger partial charge in [-0.15, -0.1) is 5.10 Å². The van der Waals surface area contributed by atoms with Crippen molar-refractivity contribution in [2.75, 3.05) is 38.1 Å². The zero-order valence-corrected chi connectivity index (χ0v) is 17.0. The van der Waals surface area contributed by atoms with Gasteiger partial charge in [0.15, 0.2) is 10.6 Å². The highest BCUT2D eigenvalue weighted by molar-refractivity contribution is 7.73. The zero-order valence-electron chi connectivity index (χ0n) is 15.4. The molecule has 2 saturated heterocycles. The molecule has 150 valence electrons. The van der Waals surface area contributed by atoms with E-state index in [0.29, 0.717) is 41.1 Å². The topological polar surface area (TPSA) is 63.8 Å². The van der Waals surface area contributed by atoms with Crippen molar-refractivity contribution in [3.8, 4) is 0 Å². The first-order valence-electron chi connectivity index (χ1n) is 9.43. The quantitative estimate of drug-likeness (QED) is 0.711. The summed E-state index contributed by atoms with van der Waals surface area (Å²) in [7, 11) is 0. The lowest BCUT2D eigenvalue weighted by molar-refractivity contribution is -0.927. The number of amides is 1. The first-order chi connectivity index (χ1) is 13.6. The molecule has 0 saturated carbocycles. The van der Waals surface area contributed by atoms with E-state index < -0.39 is 0 Å². The molecule has 2 aliphatic heterocycles. The number of nitrogens with zero attached hydrogens (tertiary/aromatic N) is 3. The Hall–Kier alpha value is -1.88. The minimum absolute atomic E-state index is 0.123. The normalized spacial score (nSPS) is 20.5. The van der Waals surface area contributed by atoms with Crippen LogP contribution in [0.5, 0.6) is 0 Å². The molecule has 1 atom stereocenters. The number of hydrogen-bond acceptors (Lipinski definition) is 6. The molecule has 4 rings (SSSR count). The Labute approximate surface area is 171 Å². The van der Waals surface area contributed by atoms with Gasteiger partial charge in [-0.05, 0) is 37.2 Å². The van der Waals surface area contributed by atoms with E-state index in [0.717, 1.165) is 25.9 Å². The highest BCUT2D eigenvalue weighted by Gasteiger charge is 2.31. The van der Waals surface area contributed by atoms with E-state index in [1.807, 2.05) is 4.90 Å². The van der Waals surface area contributed by atoms with Crippen molar-refractivity contribution in [3.63, 3.8) is 0 Å². The van der Waals surface area contributed by atoms with Gasteiger partial charge in [-0.2, -0.15) is 4.68 Å². The Morgan fingerprint density at radius 1 is 1.39 bits per heavy atom. The Morgan fingerprint density at radius 2 is 2.18 bits per heavy atom. The fourth-order valence-corrected chi connectivity index (χ4v) is 4.54. The van der Waals surface area contributed by atoms with Gasteiger partial charge in [0.1, 0.15) is 11.9 Å². The largest absolute Gasteiger partial charge is 0.368 e. The van der Waals surface area contributed by atoms with Crippen LogP contribution in [-0.4, -0.2) is 59.5 Å². The van der Waals surface area contributed by atoms with Crippen LogP contribution in [0.2, 0.25) is 0 Å². The molecule has 0 unspecified atom stereocenters. The van der Waals surface area contributed by atoms with E-state index in [2.05, 4.69) is 10.4 Å². The molecule has 10 heteroatoms. The first-order valence-corrected chi connectivity index (χ1v) is 10.7. The number of piperazine rings is 1. The highest BCUT2D eigenvalue weighted by atomic mass is 32.1. The predicted octanol–water partition coefficient (Wildman–Crippen LogP) is 1.42. The van der Waals surface area contributed by atoms with Crippen molar-refractivity contribution in [1.29, 1.82) is 0 Å². The molecule has 0 spiro atoms. The molecule has 1 aromatic carbocycles. The van der Waals surface area contributed by atoms with Crippen LogP contribution in [0.4, 0.5) is 15.2 Å². The van der Waals surface area contributed by atoms with Crippen LogP contribution in [0.25, 0.3) is 0 Å². The van der Waals surface area contributed by atoms with Crippen LogP contribution in [0.1, 0.15) is 12.8 Å². The number of carbonyl (C=O) groups is 1. The Morgan fingerprint density at radius 3 is 2.89 bits per heavy atom. The van der Waals surface area contributed by atoms with Gasteiger partial charge in [0, 0.05) is 6.61 Å². The van der Waals surface area contributed by atoms with Gasteiger partial charge in [-0.1, -0.05) is 23.5 Å². The number of carbonyl (C=O) groups excluding carboxylic acids is 1. The Kier molecular flexibility index (Phi) is 6.00. The van der Waals surface area contributed by atoms with Crippen molar-refractivity contribution in [1.82, 2.24) is 14.7 Å². The number of quaternary nitrogens is 1. The standard InChI is InChI=1S/C18H22FN5O2S2/c19-13-4-1-2-5-14(13)20-17-21-24(18(27)28-17)12-22-7-9-23(10-8-22)16(25)15-6-3-11-26-15/h1-2,4-5,15H,3,6-12H2,(H,20,21)/p+1/t15-/m0/s1. The third-order valence-corrected chi connectivity index (χ3v) is 6.31. The van der Waals surface area contributed by atoms with Gasteiger partial charge in [0.05, 0.1) is 31.9 Å². The summed E-state index contributed by atoms with van der Waals surface area (Å²) in [4.78, 5) is 15.7. The van der Waals surface area contributed by atoms with Gasteiger partial charge >= 0.3 is 0 Å². The monoisotopic (exact) mass is 424 g/mol. The molecule has 2 aliphatic rings. The van der Waals surface area contributed by atoms with Crippen molar-refractivity contribution in [2.45, 2.75) is 25.6 Å². The SMILES string of the molecule is O=C([C@@H]1CCCO1)N1CC[NH+](Cn2nc(Nc3ccccc3F)sc2=S)CC1. The fraction of sp³-hybridized carbons (Fsp3) is 0.500. The van der Waals surface area contributed by atoms with Crippen LogP contribution >= 0.6 is 23.6 Å². The summed E-state index contributed by atoms with van der Waals surface area (Å²) in [6, 6.07) is 6.48. The van der Waals surface area contributed by atoms with Crippen molar-refractivity contribution >= 4 is 40.3 Å². The summed E-state index contributed by atoms with van der Waals surface area (Å²) in [6.07, 6.45) is 1.55. The number of nitrogens with one attached hydrogen (secondary N) is 2. The first kappa shape index (κ1) is 19.4. The second-order valence-corrected chi connectivity index (χ2v) is 8.64. The van der Waals surface area contributed by atoms with Crippen LogP contribution in [0, 0.1) is 9.77 Å². The van der Waals surface area contributed by atoms with Crippen molar-refractivity contribution < 1.29 is 18.8 Å². The molecule has 28 heavy (non-hydrogen) atoms. The predicted molar refractivity (Wildman–Crippen MR) is 107 cm³/mol. The van der Waals surface area contributed by atoms with Crippen LogP contribution in [-0.2, 0) is 16.2 Å². The summed E-state index contributed by atoms with van der Waals surface area (Å²) >= 11 is 6.74. The number of ether oxygens (including phenoxy) is 1. The fourth-order valence-electron chi connectivity index (χ4n) is 3.52. The molecule has 2 aromatic rings. The lowest BCUT2D eigenvalue weighted by Gasteiger charge is -2.33. The minimum atomic E-state index is -0.326. The molecular formula is C18H23FN5O2S2+. The van der Waals surface area contributed by atoms with E-state index in [1.165, 1.54) is 22.3 Å². The molecule has 7 nitrogen and oxygen atoms in total. The molecule has 0 bridgehead atoms. The van der Waals surface area contributed by atoms with Crippen molar-refractivity contribution in [2.24, 2.45) is 0 Å². The third kappa shape index (κ3) is 4.40. The zero-order chi connectivity index (χ0) is 19.5. The summed E-state index contributed by atoms with van der Waals surface area (Å²) in [5.74, 6) is -0.203. The molecule has 2 N–H and O–H groups in total. The maximum absolute atomic E-state index is 13.8. The lowest BCUT2D eigenvalue weighted by Crippen LogP contribution is -3.14. The number of rotatable bonds is 5. The number of halogens is 1. The summed E-state index contributed by atoms with van der Waals surface area (Å²) < 4.78 is 21.7. The minimum Gasteiger partial charge on any atom is -0.368 e. The van der Waals surface area contributed by atoms with E-state index in [1.54, 1.807) is 22.9 Å². The van der Waals surface area contributed by atoms with Crippen LogP contribution < -0.4 is 10.2 Å². The number of para-hydroxylation sites is 1. The summed E-state index contributed by atoms with van der Waals surface area (Å²) in [6.45, 7) is 4.43. The van der Waals surface area contributed by atoms with E-state index in [-0.39, 0.29) is 17.8 Å². The van der Waals surface area contributed by atoms with Gasteiger partial charge in [-0.3, -0.25) is 4.79 Å². The lowest BCUT2D eigenvalue weighted by atomic mass is 10.2. The van der Waals surface area contributed by atoms with Gasteiger partial charge in [0.2, 0.25) is 5.13 Å². The third-order valence-electron chi connectivity index (χ3n) is 5.08. The maximum atomic E-state index is 13.8. The molecule has 3 heterocycles. The second-order valence-electron chi connectivity index (χ2n) is 7.01. The Balaban J connectivity index is 1.33. The van der Waals surface area contributed by atoms with E-state index in [4.69, 9.17) is 17.0 Å². The number of aromatic nitrogens is 2. The molecule has 0 radical (unpaired) electrons. The molecule has 1 amide bonds. The van der Waals surface area contributed by atoms with Crippen LogP contribution in [0.3, 0.4) is 0 Å². The number of anilines is 2. The van der Waals surface area contributed by atoms with E-state index in [9.17, 15) is 9.18 Å². The Bertz CT molecular complexity index is 888. The molecule has 0 aliphatic carbocycles. The molecule has 2 fully saturated rings. The van der Waals surface area contributed by atoms with Gasteiger partial charge in [0.25, 0.3) is 5.91 Å². The van der Waals surface area contributed by atoms with Gasteiger partial charge in [-0.25, -0.2) is 4.39 Å². The van der Waals surface area contributed by atoms with E-state index >= 15 is 0 Å². The number of benzene rings is 1. The van der Waals surface area contributed by atoms with Crippen LogP contribution in [0.15, 0.2) is 24.3 Å². The molecule has 1 aromatic heterocycles. The summed E-state index contributed by atoms with van der Waals surface area (Å²) in [5, 5.41) is 8.05. The average molecular weight is 425 g/mol. The highest BCUT2D eigenvalue weighted by Crippen LogP contribution is 2.22. The summed E-state index contributed by atoms with van der Waals surface area (Å²) in [5.41, 5.74) is 0.381. The van der Waals surface area contributed by atoms with Gasteiger partial charge < -0.3 is 19.9 Å². The smallest absolute Gasteiger partial charge is 0.252 e. The molecular weight excluding hydrogens is 401 g/mol. The maximum Gasteiger partial charge on any atom is 0.252 e. The number of hydrogen-bond donors (Lipinski definition) is 2. The second kappa shape index (κ2) is 8.64. The average Bonchev–Trinajstić information content (AvgIpc) is 3.34. The van der Waals surface area contributed by atoms with Crippen molar-refractivity contribution in [3.05, 3.63) is 34.0 Å².